The van der Waals surface area contributed by atoms with E-state index in [1.165, 1.54) is 0 Å². The molecule has 0 spiro atoms. The van der Waals surface area contributed by atoms with Crippen LogP contribution in [-0.2, 0) is 23.7 Å². The first kappa shape index (κ1) is 13.8. The molecule has 0 aromatic rings. The number of hydrogen-bond donors (Lipinski definition) is 0. The van der Waals surface area contributed by atoms with E-state index < -0.39 is 0 Å². The van der Waals surface area contributed by atoms with Crippen LogP contribution >= 0.6 is 0 Å². The number of rotatable bonds is 10. The summed E-state index contributed by atoms with van der Waals surface area (Å²) in [5.41, 5.74) is 0. The molecule has 14 heavy (non-hydrogen) atoms. The highest BCUT2D eigenvalue weighted by Gasteiger charge is 2.05. The molecule has 0 N–H and O–H groups in total. The molecule has 0 rings (SSSR count). The van der Waals surface area contributed by atoms with Crippen molar-refractivity contribution in [2.24, 2.45) is 0 Å². The smallest absolute Gasteiger partial charge is 0.146 e. The van der Waals surface area contributed by atoms with Gasteiger partial charge in [-0.1, -0.05) is 0 Å². The summed E-state index contributed by atoms with van der Waals surface area (Å²) >= 11 is 0. The van der Waals surface area contributed by atoms with Crippen LogP contribution in [-0.4, -0.2) is 60.7 Å². The maximum Gasteiger partial charge on any atom is 0.146 e. The highest BCUT2D eigenvalue weighted by molar-refractivity contribution is 4.52. The molecule has 0 bridgehead atoms. The Hall–Kier alpha value is -0.200. The standard InChI is InChI=1S/C9H20O5/c1-10-4-5-13-8-14-7-9(12-3)6-11-2/h9H,4-8H2,1-3H3. The molecule has 0 heterocycles. The molecule has 5 nitrogen and oxygen atoms in total. The highest BCUT2D eigenvalue weighted by Crippen LogP contribution is 1.92. The molecular formula is C9H20O5. The first-order chi connectivity index (χ1) is 6.85. The van der Waals surface area contributed by atoms with E-state index in [9.17, 15) is 0 Å². The van der Waals surface area contributed by atoms with Gasteiger partial charge in [-0.15, -0.1) is 0 Å². The second-order valence-corrected chi connectivity index (χ2v) is 2.70. The average Bonchev–Trinajstić information content (AvgIpc) is 2.21. The number of ether oxygens (including phenoxy) is 5. The van der Waals surface area contributed by atoms with Crippen molar-refractivity contribution >= 4 is 0 Å². The fourth-order valence-electron chi connectivity index (χ4n) is 0.810. The van der Waals surface area contributed by atoms with Gasteiger partial charge in [0.05, 0.1) is 26.4 Å². The fourth-order valence-corrected chi connectivity index (χ4v) is 0.810. The first-order valence-corrected chi connectivity index (χ1v) is 4.51. The predicted octanol–water partition coefficient (Wildman–Crippen LogP) is 0.285. The molecule has 0 aliphatic rings. The molecule has 0 aromatic carbocycles. The normalized spacial score (nSPS) is 13.1. The van der Waals surface area contributed by atoms with E-state index in [2.05, 4.69) is 0 Å². The SMILES string of the molecule is COCCOCOCC(COC)OC. The van der Waals surface area contributed by atoms with Gasteiger partial charge in [0.15, 0.2) is 0 Å². The van der Waals surface area contributed by atoms with E-state index in [0.29, 0.717) is 26.4 Å². The molecule has 5 heteroatoms. The zero-order valence-electron chi connectivity index (χ0n) is 9.15. The van der Waals surface area contributed by atoms with E-state index in [1.54, 1.807) is 21.3 Å². The van der Waals surface area contributed by atoms with Crippen molar-refractivity contribution in [2.45, 2.75) is 6.10 Å². The monoisotopic (exact) mass is 208 g/mol. The summed E-state index contributed by atoms with van der Waals surface area (Å²) in [7, 11) is 4.88. The molecule has 0 radical (unpaired) electrons. The maximum absolute atomic E-state index is 5.20. The van der Waals surface area contributed by atoms with Crippen molar-refractivity contribution in [1.29, 1.82) is 0 Å². The lowest BCUT2D eigenvalue weighted by Gasteiger charge is -2.14. The molecule has 0 aliphatic heterocycles. The molecular weight excluding hydrogens is 188 g/mol. The lowest BCUT2D eigenvalue weighted by Crippen LogP contribution is -2.24. The predicted molar refractivity (Wildman–Crippen MR) is 51.3 cm³/mol. The second-order valence-electron chi connectivity index (χ2n) is 2.70. The third-order valence-electron chi connectivity index (χ3n) is 1.59. The fraction of sp³-hybridized carbons (Fsp3) is 1.00. The van der Waals surface area contributed by atoms with Crippen molar-refractivity contribution < 1.29 is 23.7 Å². The third kappa shape index (κ3) is 8.40. The van der Waals surface area contributed by atoms with E-state index >= 15 is 0 Å². The maximum atomic E-state index is 5.20. The van der Waals surface area contributed by atoms with Crippen LogP contribution in [0.5, 0.6) is 0 Å². The van der Waals surface area contributed by atoms with Gasteiger partial charge in [0.1, 0.15) is 12.9 Å². The Morgan fingerprint density at radius 3 is 2.21 bits per heavy atom. The Balaban J connectivity index is 3.15. The van der Waals surface area contributed by atoms with Crippen molar-refractivity contribution in [3.63, 3.8) is 0 Å². The van der Waals surface area contributed by atoms with Crippen LogP contribution in [0.4, 0.5) is 0 Å². The topological polar surface area (TPSA) is 46.2 Å². The molecule has 0 aromatic heterocycles. The lowest BCUT2D eigenvalue weighted by atomic mass is 10.4. The Bertz CT molecular complexity index is 109. The zero-order valence-corrected chi connectivity index (χ0v) is 9.15. The summed E-state index contributed by atoms with van der Waals surface area (Å²) in [6.07, 6.45) is -0.0361. The minimum Gasteiger partial charge on any atom is -0.382 e. The molecule has 1 unspecified atom stereocenters. The first-order valence-electron chi connectivity index (χ1n) is 4.51. The average molecular weight is 208 g/mol. The van der Waals surface area contributed by atoms with E-state index in [4.69, 9.17) is 23.7 Å². The van der Waals surface area contributed by atoms with Crippen LogP contribution in [0.3, 0.4) is 0 Å². The molecule has 0 amide bonds. The van der Waals surface area contributed by atoms with Gasteiger partial charge in [0.2, 0.25) is 0 Å². The van der Waals surface area contributed by atoms with Crippen LogP contribution < -0.4 is 0 Å². The van der Waals surface area contributed by atoms with Gasteiger partial charge in [-0.2, -0.15) is 0 Å². The minimum atomic E-state index is -0.0361. The summed E-state index contributed by atoms with van der Waals surface area (Å²) in [6, 6.07) is 0. The van der Waals surface area contributed by atoms with Gasteiger partial charge in [-0.05, 0) is 0 Å². The van der Waals surface area contributed by atoms with Gasteiger partial charge in [0.25, 0.3) is 0 Å². The van der Waals surface area contributed by atoms with E-state index in [-0.39, 0.29) is 12.9 Å². The molecule has 86 valence electrons. The Kier molecular flexibility index (Phi) is 10.7. The van der Waals surface area contributed by atoms with Gasteiger partial charge >= 0.3 is 0 Å². The van der Waals surface area contributed by atoms with Gasteiger partial charge in [-0.25, -0.2) is 0 Å². The summed E-state index contributed by atoms with van der Waals surface area (Å²) in [5, 5.41) is 0. The Morgan fingerprint density at radius 1 is 0.857 bits per heavy atom. The largest absolute Gasteiger partial charge is 0.382 e. The lowest BCUT2D eigenvalue weighted by molar-refractivity contribution is -0.102. The van der Waals surface area contributed by atoms with Crippen molar-refractivity contribution in [3.05, 3.63) is 0 Å². The highest BCUT2D eigenvalue weighted by atomic mass is 16.7. The van der Waals surface area contributed by atoms with E-state index in [1.807, 2.05) is 0 Å². The molecule has 0 fully saturated rings. The van der Waals surface area contributed by atoms with Crippen molar-refractivity contribution in [1.82, 2.24) is 0 Å². The van der Waals surface area contributed by atoms with Crippen molar-refractivity contribution in [2.75, 3.05) is 54.5 Å². The van der Waals surface area contributed by atoms with Crippen LogP contribution in [0.15, 0.2) is 0 Å². The van der Waals surface area contributed by atoms with Crippen LogP contribution in [0.2, 0.25) is 0 Å². The van der Waals surface area contributed by atoms with E-state index in [0.717, 1.165) is 0 Å². The van der Waals surface area contributed by atoms with Gasteiger partial charge in [-0.3, -0.25) is 0 Å². The molecule has 0 aliphatic carbocycles. The summed E-state index contributed by atoms with van der Waals surface area (Å²) in [6.45, 7) is 2.37. The minimum absolute atomic E-state index is 0.0361. The molecule has 0 saturated carbocycles. The summed E-state index contributed by atoms with van der Waals surface area (Å²) in [5.74, 6) is 0. The zero-order chi connectivity index (χ0) is 10.6. The Morgan fingerprint density at radius 2 is 1.64 bits per heavy atom. The van der Waals surface area contributed by atoms with Gasteiger partial charge < -0.3 is 23.7 Å². The van der Waals surface area contributed by atoms with Crippen molar-refractivity contribution in [3.8, 4) is 0 Å². The second kappa shape index (κ2) is 10.9. The van der Waals surface area contributed by atoms with Crippen LogP contribution in [0.1, 0.15) is 0 Å². The van der Waals surface area contributed by atoms with Crippen LogP contribution in [0.25, 0.3) is 0 Å². The van der Waals surface area contributed by atoms with Crippen LogP contribution in [0, 0.1) is 0 Å². The molecule has 1 atom stereocenters. The Labute approximate surface area is 85.2 Å². The number of methoxy groups -OCH3 is 3. The van der Waals surface area contributed by atoms with Gasteiger partial charge in [0, 0.05) is 21.3 Å². The molecule has 0 saturated heterocycles. The summed E-state index contributed by atoms with van der Waals surface area (Å²) in [4.78, 5) is 0. The quantitative estimate of drug-likeness (QED) is 0.381. The summed E-state index contributed by atoms with van der Waals surface area (Å²) < 4.78 is 25.1. The number of hydrogen-bond acceptors (Lipinski definition) is 5. The third-order valence-corrected chi connectivity index (χ3v) is 1.59.